The molecule has 3 aromatic rings. The molecular formula is C24H28N4O3. The number of hydrogen-bond donors (Lipinski definition) is 1. The highest BCUT2D eigenvalue weighted by atomic mass is 16.5. The highest BCUT2D eigenvalue weighted by molar-refractivity contribution is 5.99. The Balaban J connectivity index is 1.77. The van der Waals surface area contributed by atoms with Crippen LogP contribution in [0.3, 0.4) is 0 Å². The zero-order chi connectivity index (χ0) is 22.5. The van der Waals surface area contributed by atoms with Crippen LogP contribution in [0.5, 0.6) is 5.75 Å². The number of aromatic nitrogens is 2. The fourth-order valence-corrected chi connectivity index (χ4v) is 3.46. The predicted octanol–water partition coefficient (Wildman–Crippen LogP) is 3.36. The third-order valence-corrected chi connectivity index (χ3v) is 5.17. The van der Waals surface area contributed by atoms with E-state index in [2.05, 4.69) is 15.3 Å². The van der Waals surface area contributed by atoms with E-state index in [4.69, 9.17) is 4.74 Å². The van der Waals surface area contributed by atoms with Crippen molar-refractivity contribution in [2.75, 3.05) is 14.2 Å². The van der Waals surface area contributed by atoms with Gasteiger partial charge in [0.15, 0.2) is 0 Å². The Bertz CT molecular complexity index is 1100. The number of hydrogen-bond acceptors (Lipinski definition) is 5. The number of nitrogens with zero attached hydrogens (tertiary/aromatic N) is 3. The van der Waals surface area contributed by atoms with Crippen molar-refractivity contribution >= 4 is 22.7 Å². The number of fused-ring (bicyclic) bond motifs is 1. The molecule has 0 saturated heterocycles. The normalized spacial score (nSPS) is 11.9. The number of nitrogens with one attached hydrogen (secondary N) is 1. The zero-order valence-corrected chi connectivity index (χ0v) is 18.5. The van der Waals surface area contributed by atoms with Gasteiger partial charge in [-0.3, -0.25) is 9.59 Å². The first-order valence-electron chi connectivity index (χ1n) is 10.2. The van der Waals surface area contributed by atoms with Gasteiger partial charge < -0.3 is 15.0 Å². The van der Waals surface area contributed by atoms with Crippen LogP contribution in [0.4, 0.5) is 0 Å². The van der Waals surface area contributed by atoms with E-state index >= 15 is 0 Å². The molecule has 1 atom stereocenters. The zero-order valence-electron chi connectivity index (χ0n) is 18.5. The minimum Gasteiger partial charge on any atom is -0.496 e. The second kappa shape index (κ2) is 9.55. The van der Waals surface area contributed by atoms with E-state index in [1.165, 1.54) is 7.11 Å². The van der Waals surface area contributed by atoms with Gasteiger partial charge in [-0.25, -0.2) is 9.97 Å². The average molecular weight is 421 g/mol. The van der Waals surface area contributed by atoms with Crippen LogP contribution in [-0.2, 0) is 11.3 Å². The largest absolute Gasteiger partial charge is 0.496 e. The summed E-state index contributed by atoms with van der Waals surface area (Å²) in [6.07, 6.45) is 0. The maximum Gasteiger partial charge on any atom is 0.255 e. The summed E-state index contributed by atoms with van der Waals surface area (Å²) in [6.45, 7) is 5.98. The second-order valence-corrected chi connectivity index (χ2v) is 7.83. The number of amides is 2. The molecule has 7 nitrogen and oxygen atoms in total. The minimum atomic E-state index is -0.691. The van der Waals surface area contributed by atoms with Crippen molar-refractivity contribution in [2.45, 2.75) is 33.4 Å². The lowest BCUT2D eigenvalue weighted by Crippen LogP contribution is -2.50. The predicted molar refractivity (Wildman–Crippen MR) is 120 cm³/mol. The van der Waals surface area contributed by atoms with Crippen molar-refractivity contribution in [1.29, 1.82) is 0 Å². The van der Waals surface area contributed by atoms with Crippen LogP contribution in [0.1, 0.15) is 35.7 Å². The van der Waals surface area contributed by atoms with Crippen LogP contribution in [-0.4, -0.2) is 46.9 Å². The number of benzene rings is 2. The van der Waals surface area contributed by atoms with E-state index < -0.39 is 6.04 Å². The van der Waals surface area contributed by atoms with Crippen LogP contribution in [0, 0.1) is 12.8 Å². The van der Waals surface area contributed by atoms with Gasteiger partial charge in [-0.1, -0.05) is 44.2 Å². The molecule has 2 amide bonds. The summed E-state index contributed by atoms with van der Waals surface area (Å²) < 4.78 is 5.27. The Labute approximate surface area is 182 Å². The lowest BCUT2D eigenvalue weighted by atomic mass is 10.0. The molecule has 0 saturated carbocycles. The van der Waals surface area contributed by atoms with Crippen molar-refractivity contribution in [1.82, 2.24) is 20.2 Å². The van der Waals surface area contributed by atoms with Gasteiger partial charge in [0.1, 0.15) is 17.6 Å². The Morgan fingerprint density at radius 3 is 2.45 bits per heavy atom. The topological polar surface area (TPSA) is 84.4 Å². The van der Waals surface area contributed by atoms with Crippen LogP contribution < -0.4 is 10.1 Å². The molecule has 1 aromatic heterocycles. The molecule has 3 rings (SSSR count). The SMILES string of the molecule is COc1ccccc1C(=O)NC(C(=O)N(C)Cc1nc(C)c2ccccc2n1)C(C)C. The van der Waals surface area contributed by atoms with E-state index in [-0.39, 0.29) is 24.3 Å². The Morgan fingerprint density at radius 1 is 1.06 bits per heavy atom. The van der Waals surface area contributed by atoms with E-state index in [0.717, 1.165) is 16.6 Å². The van der Waals surface area contributed by atoms with E-state index in [9.17, 15) is 9.59 Å². The van der Waals surface area contributed by atoms with Crippen LogP contribution in [0.25, 0.3) is 10.9 Å². The third-order valence-electron chi connectivity index (χ3n) is 5.17. The number of carbonyl (C=O) groups is 2. The number of ether oxygens (including phenoxy) is 1. The number of rotatable bonds is 7. The number of para-hydroxylation sites is 2. The molecule has 31 heavy (non-hydrogen) atoms. The number of likely N-dealkylation sites (N-methyl/N-ethyl adjacent to an activating group) is 1. The standard InChI is InChI=1S/C24H28N4O3/c1-15(2)22(27-23(29)18-11-7-9-13-20(18)31-5)24(30)28(4)14-21-25-16(3)17-10-6-8-12-19(17)26-21/h6-13,15,22H,14H2,1-5H3,(H,27,29). The first kappa shape index (κ1) is 22.2. The Morgan fingerprint density at radius 2 is 1.74 bits per heavy atom. The smallest absolute Gasteiger partial charge is 0.255 e. The molecule has 0 aliphatic rings. The molecule has 0 fully saturated rings. The number of aryl methyl sites for hydroxylation is 1. The fraction of sp³-hybridized carbons (Fsp3) is 0.333. The summed E-state index contributed by atoms with van der Waals surface area (Å²) in [5, 5.41) is 3.85. The van der Waals surface area contributed by atoms with Crippen LogP contribution in [0.2, 0.25) is 0 Å². The molecule has 0 aliphatic heterocycles. The molecule has 7 heteroatoms. The molecule has 162 valence electrons. The molecule has 0 spiro atoms. The number of carbonyl (C=O) groups excluding carboxylic acids is 2. The molecule has 1 N–H and O–H groups in total. The Hall–Kier alpha value is -3.48. The van der Waals surface area contributed by atoms with E-state index in [1.54, 1.807) is 36.2 Å². The van der Waals surface area contributed by atoms with Crippen LogP contribution >= 0.6 is 0 Å². The summed E-state index contributed by atoms with van der Waals surface area (Å²) in [7, 11) is 3.21. The van der Waals surface area contributed by atoms with Crippen molar-refractivity contribution in [2.24, 2.45) is 5.92 Å². The summed E-state index contributed by atoms with van der Waals surface area (Å²) in [6, 6.07) is 14.0. The number of methoxy groups -OCH3 is 1. The van der Waals surface area contributed by atoms with Crippen molar-refractivity contribution in [3.63, 3.8) is 0 Å². The van der Waals surface area contributed by atoms with E-state index in [1.807, 2.05) is 45.0 Å². The summed E-state index contributed by atoms with van der Waals surface area (Å²) in [5.74, 6) is 0.366. The highest BCUT2D eigenvalue weighted by Crippen LogP contribution is 2.19. The second-order valence-electron chi connectivity index (χ2n) is 7.83. The lowest BCUT2D eigenvalue weighted by molar-refractivity contribution is -0.133. The van der Waals surface area contributed by atoms with Gasteiger partial charge >= 0.3 is 0 Å². The molecule has 1 heterocycles. The van der Waals surface area contributed by atoms with Crippen molar-refractivity contribution < 1.29 is 14.3 Å². The van der Waals surface area contributed by atoms with Gasteiger partial charge in [-0.2, -0.15) is 0 Å². The maximum atomic E-state index is 13.2. The molecule has 0 radical (unpaired) electrons. The summed E-state index contributed by atoms with van der Waals surface area (Å²) >= 11 is 0. The van der Waals surface area contributed by atoms with Gasteiger partial charge in [-0.15, -0.1) is 0 Å². The molecule has 0 aliphatic carbocycles. The van der Waals surface area contributed by atoms with Gasteiger partial charge in [0.05, 0.1) is 24.7 Å². The quantitative estimate of drug-likeness (QED) is 0.634. The van der Waals surface area contributed by atoms with Gasteiger partial charge in [0.25, 0.3) is 5.91 Å². The van der Waals surface area contributed by atoms with E-state index in [0.29, 0.717) is 17.1 Å². The van der Waals surface area contributed by atoms with Crippen LogP contribution in [0.15, 0.2) is 48.5 Å². The monoisotopic (exact) mass is 420 g/mol. The van der Waals surface area contributed by atoms with Crippen molar-refractivity contribution in [3.05, 3.63) is 65.6 Å². The maximum absolute atomic E-state index is 13.2. The van der Waals surface area contributed by atoms with Gasteiger partial charge in [0.2, 0.25) is 5.91 Å². The van der Waals surface area contributed by atoms with Gasteiger partial charge in [-0.05, 0) is 31.0 Å². The molecule has 1 unspecified atom stereocenters. The summed E-state index contributed by atoms with van der Waals surface area (Å²) in [5.41, 5.74) is 2.10. The highest BCUT2D eigenvalue weighted by Gasteiger charge is 2.28. The van der Waals surface area contributed by atoms with Gasteiger partial charge in [0, 0.05) is 18.1 Å². The molecular weight excluding hydrogens is 392 g/mol. The third kappa shape index (κ3) is 4.99. The summed E-state index contributed by atoms with van der Waals surface area (Å²) in [4.78, 5) is 36.7. The molecule has 2 aromatic carbocycles. The minimum absolute atomic E-state index is 0.104. The van der Waals surface area contributed by atoms with Crippen molar-refractivity contribution in [3.8, 4) is 5.75 Å². The first-order valence-corrected chi connectivity index (χ1v) is 10.2. The Kier molecular flexibility index (Phi) is 6.84. The first-order chi connectivity index (χ1) is 14.8. The lowest BCUT2D eigenvalue weighted by Gasteiger charge is -2.27. The molecule has 0 bridgehead atoms. The average Bonchev–Trinajstić information content (AvgIpc) is 2.76. The fourth-order valence-electron chi connectivity index (χ4n) is 3.46.